The number of thioether (sulfide) groups is 1. The molecule has 5 nitrogen and oxygen atoms in total. The van der Waals surface area contributed by atoms with Crippen molar-refractivity contribution in [3.8, 4) is 0 Å². The fourth-order valence-electron chi connectivity index (χ4n) is 1.85. The van der Waals surface area contributed by atoms with Gasteiger partial charge >= 0.3 is 0 Å². The van der Waals surface area contributed by atoms with Crippen molar-refractivity contribution >= 4 is 35.0 Å². The first-order chi connectivity index (χ1) is 11.0. The van der Waals surface area contributed by atoms with Gasteiger partial charge in [-0.05, 0) is 30.0 Å². The summed E-state index contributed by atoms with van der Waals surface area (Å²) in [6, 6.07) is 4.26. The van der Waals surface area contributed by atoms with E-state index < -0.39 is 0 Å². The second-order valence-electron chi connectivity index (χ2n) is 5.64. The van der Waals surface area contributed by atoms with Crippen LogP contribution in [0.25, 0.3) is 0 Å². The standard InChI is InChI=1S/C16H28N4OS2/c1-13(10-14-6-5-8-23-14)11-18-16(17-7-9-22-4)19-12-15(21)20(2)3/h5-6,8,13H,7,9-12H2,1-4H3,(H2,17,18,19). The molecule has 1 unspecified atom stereocenters. The number of nitrogens with zero attached hydrogens (tertiary/aromatic N) is 2. The van der Waals surface area contributed by atoms with Crippen LogP contribution in [-0.4, -0.2) is 62.5 Å². The number of thiophene rings is 1. The lowest BCUT2D eigenvalue weighted by atomic mass is 10.1. The molecule has 0 aromatic carbocycles. The first-order valence-corrected chi connectivity index (χ1v) is 10.0. The van der Waals surface area contributed by atoms with Gasteiger partial charge in [0.25, 0.3) is 0 Å². The molecule has 1 aromatic heterocycles. The van der Waals surface area contributed by atoms with Gasteiger partial charge in [0.15, 0.2) is 5.96 Å². The number of carbonyl (C=O) groups is 1. The van der Waals surface area contributed by atoms with Crippen LogP contribution in [0.4, 0.5) is 0 Å². The highest BCUT2D eigenvalue weighted by atomic mass is 32.2. The fourth-order valence-corrected chi connectivity index (χ4v) is 3.03. The molecule has 2 N–H and O–H groups in total. The van der Waals surface area contributed by atoms with Gasteiger partial charge in [0, 0.05) is 37.8 Å². The van der Waals surface area contributed by atoms with E-state index in [-0.39, 0.29) is 12.5 Å². The Bertz CT molecular complexity index is 474. The predicted molar refractivity (Wildman–Crippen MR) is 103 cm³/mol. The van der Waals surface area contributed by atoms with Gasteiger partial charge in [-0.1, -0.05) is 13.0 Å². The van der Waals surface area contributed by atoms with E-state index in [2.05, 4.69) is 46.3 Å². The van der Waals surface area contributed by atoms with E-state index in [0.717, 1.165) is 25.3 Å². The average Bonchev–Trinajstić information content (AvgIpc) is 3.01. The molecule has 0 saturated heterocycles. The van der Waals surface area contributed by atoms with Gasteiger partial charge in [0.2, 0.25) is 5.91 Å². The van der Waals surface area contributed by atoms with Crippen molar-refractivity contribution in [3.05, 3.63) is 22.4 Å². The van der Waals surface area contributed by atoms with E-state index >= 15 is 0 Å². The van der Waals surface area contributed by atoms with Crippen molar-refractivity contribution in [1.82, 2.24) is 15.5 Å². The van der Waals surface area contributed by atoms with Crippen LogP contribution in [0.3, 0.4) is 0 Å². The highest BCUT2D eigenvalue weighted by molar-refractivity contribution is 7.98. The minimum absolute atomic E-state index is 0.00241. The highest BCUT2D eigenvalue weighted by Gasteiger charge is 2.08. The van der Waals surface area contributed by atoms with Crippen LogP contribution in [0, 0.1) is 5.92 Å². The van der Waals surface area contributed by atoms with E-state index in [0.29, 0.717) is 11.9 Å². The number of carbonyl (C=O) groups excluding carboxylic acids is 1. The van der Waals surface area contributed by atoms with Crippen molar-refractivity contribution < 1.29 is 4.79 Å². The molecule has 130 valence electrons. The van der Waals surface area contributed by atoms with E-state index in [1.807, 2.05) is 0 Å². The Morgan fingerprint density at radius 2 is 2.22 bits per heavy atom. The third-order valence-electron chi connectivity index (χ3n) is 3.22. The van der Waals surface area contributed by atoms with Crippen LogP contribution in [-0.2, 0) is 11.2 Å². The van der Waals surface area contributed by atoms with Crippen molar-refractivity contribution in [3.63, 3.8) is 0 Å². The average molecular weight is 357 g/mol. The minimum Gasteiger partial charge on any atom is -0.356 e. The molecule has 1 amide bonds. The number of nitrogens with one attached hydrogen (secondary N) is 2. The summed E-state index contributed by atoms with van der Waals surface area (Å²) in [5.41, 5.74) is 0. The zero-order valence-electron chi connectivity index (χ0n) is 14.5. The van der Waals surface area contributed by atoms with Crippen molar-refractivity contribution in [2.75, 3.05) is 45.7 Å². The molecule has 7 heteroatoms. The Balaban J connectivity index is 2.47. The Kier molecular flexibility index (Phi) is 9.78. The lowest BCUT2D eigenvalue weighted by Crippen LogP contribution is -2.41. The lowest BCUT2D eigenvalue weighted by Gasteiger charge is -2.16. The molecule has 1 atom stereocenters. The van der Waals surface area contributed by atoms with Gasteiger partial charge in [0.05, 0.1) is 0 Å². The summed E-state index contributed by atoms with van der Waals surface area (Å²) in [4.78, 5) is 19.0. The maximum Gasteiger partial charge on any atom is 0.243 e. The van der Waals surface area contributed by atoms with Gasteiger partial charge < -0.3 is 15.5 Å². The molecule has 23 heavy (non-hydrogen) atoms. The summed E-state index contributed by atoms with van der Waals surface area (Å²) in [6.45, 7) is 4.06. The minimum atomic E-state index is 0.00241. The van der Waals surface area contributed by atoms with E-state index in [4.69, 9.17) is 0 Å². The molecule has 1 rings (SSSR count). The largest absolute Gasteiger partial charge is 0.356 e. The fraction of sp³-hybridized carbons (Fsp3) is 0.625. The van der Waals surface area contributed by atoms with Crippen LogP contribution in [0.1, 0.15) is 11.8 Å². The van der Waals surface area contributed by atoms with Crippen molar-refractivity contribution in [2.24, 2.45) is 10.9 Å². The Morgan fingerprint density at radius 3 is 2.83 bits per heavy atom. The summed E-state index contributed by atoms with van der Waals surface area (Å²) in [5.74, 6) is 2.23. The molecule has 1 heterocycles. The van der Waals surface area contributed by atoms with Gasteiger partial charge in [-0.3, -0.25) is 4.79 Å². The molecule has 0 fully saturated rings. The number of hydrogen-bond donors (Lipinski definition) is 2. The summed E-state index contributed by atoms with van der Waals surface area (Å²) in [7, 11) is 3.49. The van der Waals surface area contributed by atoms with Crippen molar-refractivity contribution in [2.45, 2.75) is 13.3 Å². The number of aliphatic imine (C=N–C) groups is 1. The third-order valence-corrected chi connectivity index (χ3v) is 4.73. The maximum absolute atomic E-state index is 11.7. The summed E-state index contributed by atoms with van der Waals surface area (Å²) < 4.78 is 0. The van der Waals surface area contributed by atoms with Gasteiger partial charge in [0.1, 0.15) is 6.54 Å². The van der Waals surface area contributed by atoms with E-state index in [1.165, 1.54) is 4.88 Å². The molecule has 1 aromatic rings. The number of rotatable bonds is 9. The van der Waals surface area contributed by atoms with E-state index in [1.54, 1.807) is 42.1 Å². The number of guanidine groups is 1. The molecular weight excluding hydrogens is 328 g/mol. The second-order valence-corrected chi connectivity index (χ2v) is 7.66. The van der Waals surface area contributed by atoms with Gasteiger partial charge in [-0.2, -0.15) is 11.8 Å². The summed E-state index contributed by atoms with van der Waals surface area (Å²) in [5, 5.41) is 8.74. The molecule has 0 aliphatic carbocycles. The van der Waals surface area contributed by atoms with Crippen LogP contribution in [0.5, 0.6) is 0 Å². The molecule has 0 bridgehead atoms. The molecule has 0 saturated carbocycles. The van der Waals surface area contributed by atoms with Crippen molar-refractivity contribution in [1.29, 1.82) is 0 Å². The smallest absolute Gasteiger partial charge is 0.243 e. The van der Waals surface area contributed by atoms with Gasteiger partial charge in [-0.15, -0.1) is 11.3 Å². The summed E-state index contributed by atoms with van der Waals surface area (Å²) in [6.07, 6.45) is 3.13. The van der Waals surface area contributed by atoms with Crippen LogP contribution >= 0.6 is 23.1 Å². The van der Waals surface area contributed by atoms with E-state index in [9.17, 15) is 4.79 Å². The monoisotopic (exact) mass is 356 g/mol. The van der Waals surface area contributed by atoms with Crippen LogP contribution < -0.4 is 10.6 Å². The highest BCUT2D eigenvalue weighted by Crippen LogP contribution is 2.13. The Morgan fingerprint density at radius 1 is 1.43 bits per heavy atom. The number of likely N-dealkylation sites (N-methyl/N-ethyl adjacent to an activating group) is 1. The lowest BCUT2D eigenvalue weighted by molar-refractivity contribution is -0.127. The Labute approximate surface area is 147 Å². The predicted octanol–water partition coefficient (Wildman–Crippen LogP) is 1.91. The topological polar surface area (TPSA) is 56.7 Å². The number of amides is 1. The molecular formula is C16H28N4OS2. The molecule has 0 radical (unpaired) electrons. The Hall–Kier alpha value is -1.21. The van der Waals surface area contributed by atoms with Gasteiger partial charge in [-0.25, -0.2) is 4.99 Å². The summed E-state index contributed by atoms with van der Waals surface area (Å²) >= 11 is 3.57. The zero-order valence-corrected chi connectivity index (χ0v) is 16.1. The molecule has 0 aliphatic heterocycles. The molecule has 0 aliphatic rings. The van der Waals surface area contributed by atoms with Crippen LogP contribution in [0.2, 0.25) is 0 Å². The SMILES string of the molecule is CSCCNC(=NCC(=O)N(C)C)NCC(C)Cc1cccs1. The molecule has 0 spiro atoms. The second kappa shape index (κ2) is 11.3. The first kappa shape index (κ1) is 19.8. The zero-order chi connectivity index (χ0) is 17.1. The number of hydrogen-bond acceptors (Lipinski definition) is 4. The first-order valence-electron chi connectivity index (χ1n) is 7.76. The normalized spacial score (nSPS) is 12.8. The van der Waals surface area contributed by atoms with Crippen LogP contribution in [0.15, 0.2) is 22.5 Å². The quantitative estimate of drug-likeness (QED) is 0.403. The third kappa shape index (κ3) is 8.86. The maximum atomic E-state index is 11.7.